The Morgan fingerprint density at radius 3 is 2.60 bits per heavy atom. The Labute approximate surface area is 123 Å². The number of rotatable bonds is 3. The zero-order valence-electron chi connectivity index (χ0n) is 11.6. The van der Waals surface area contributed by atoms with Crippen LogP contribution in [0.25, 0.3) is 0 Å². The molecule has 2 amide bonds. The summed E-state index contributed by atoms with van der Waals surface area (Å²) in [4.78, 5) is 13.7. The van der Waals surface area contributed by atoms with Crippen molar-refractivity contribution in [1.82, 2.24) is 9.21 Å². The van der Waals surface area contributed by atoms with Gasteiger partial charge >= 0.3 is 6.03 Å². The van der Waals surface area contributed by atoms with E-state index in [9.17, 15) is 13.2 Å². The monoisotopic (exact) mass is 317 g/mol. The first-order valence-corrected chi connectivity index (χ1v) is 9.18. The zero-order chi connectivity index (χ0) is 14.8. The molecule has 0 unspecified atom stereocenters. The molecule has 0 radical (unpaired) electrons. The number of piperidine rings is 1. The molecule has 112 valence electrons. The minimum Gasteiger partial charge on any atom is -0.325 e. The van der Waals surface area contributed by atoms with Gasteiger partial charge in [0.2, 0.25) is 10.0 Å². The topological polar surface area (TPSA) is 69.7 Å². The Kier molecular flexibility index (Phi) is 4.66. The number of sulfonamides is 1. The van der Waals surface area contributed by atoms with Gasteiger partial charge < -0.3 is 10.2 Å². The summed E-state index contributed by atoms with van der Waals surface area (Å²) in [5, 5.41) is 6.60. The lowest BCUT2D eigenvalue weighted by atomic mass is 10.1. The Morgan fingerprint density at radius 1 is 1.45 bits per heavy atom. The largest absolute Gasteiger partial charge is 0.325 e. The third kappa shape index (κ3) is 3.71. The van der Waals surface area contributed by atoms with Crippen molar-refractivity contribution in [1.29, 1.82) is 0 Å². The summed E-state index contributed by atoms with van der Waals surface area (Å²) in [7, 11) is -1.37. The summed E-state index contributed by atoms with van der Waals surface area (Å²) in [5.41, 5.74) is 0.792. The minimum atomic E-state index is -3.12. The second kappa shape index (κ2) is 6.11. The second-order valence-corrected chi connectivity index (χ2v) is 7.71. The number of nitrogens with one attached hydrogen (secondary N) is 1. The molecular formula is C12H19N3O3S2. The Balaban J connectivity index is 1.88. The van der Waals surface area contributed by atoms with Crippen molar-refractivity contribution in [2.24, 2.45) is 0 Å². The number of anilines is 1. The van der Waals surface area contributed by atoms with Crippen molar-refractivity contribution >= 4 is 33.1 Å². The van der Waals surface area contributed by atoms with E-state index in [0.717, 1.165) is 5.69 Å². The average Bonchev–Trinajstić information content (AvgIpc) is 2.90. The van der Waals surface area contributed by atoms with E-state index in [4.69, 9.17) is 0 Å². The number of carbonyl (C=O) groups excluding carboxylic acids is 1. The van der Waals surface area contributed by atoms with Gasteiger partial charge in [0.25, 0.3) is 0 Å². The predicted molar refractivity (Wildman–Crippen MR) is 80.5 cm³/mol. The van der Waals surface area contributed by atoms with E-state index >= 15 is 0 Å². The molecule has 1 aromatic rings. The minimum absolute atomic E-state index is 0.0756. The quantitative estimate of drug-likeness (QED) is 0.921. The van der Waals surface area contributed by atoms with Crippen LogP contribution in [-0.4, -0.2) is 56.1 Å². The molecule has 1 aliphatic heterocycles. The van der Waals surface area contributed by atoms with E-state index in [2.05, 4.69) is 5.32 Å². The standard InChI is InChI=1S/C12H19N3O3S2/c1-14(12(16)13-10-5-8-19-9-10)11-3-6-15(7-4-11)20(2,17)18/h5,8-9,11H,3-4,6-7H2,1-2H3,(H,13,16). The molecule has 6 nitrogen and oxygen atoms in total. The molecule has 0 bridgehead atoms. The number of nitrogens with zero attached hydrogens (tertiary/aromatic N) is 2. The summed E-state index contributed by atoms with van der Waals surface area (Å²) in [6.45, 7) is 0.944. The van der Waals surface area contributed by atoms with Crippen LogP contribution in [0, 0.1) is 0 Å². The van der Waals surface area contributed by atoms with E-state index in [1.165, 1.54) is 21.9 Å². The van der Waals surface area contributed by atoms with Gasteiger partial charge in [0.1, 0.15) is 0 Å². The molecule has 0 saturated carbocycles. The van der Waals surface area contributed by atoms with Crippen molar-refractivity contribution in [3.05, 3.63) is 16.8 Å². The van der Waals surface area contributed by atoms with Crippen molar-refractivity contribution < 1.29 is 13.2 Å². The molecule has 0 aromatic carbocycles. The fourth-order valence-corrected chi connectivity index (χ4v) is 3.74. The lowest BCUT2D eigenvalue weighted by Crippen LogP contribution is -2.48. The maximum absolute atomic E-state index is 12.1. The number of urea groups is 1. The highest BCUT2D eigenvalue weighted by Crippen LogP contribution is 2.19. The SMILES string of the molecule is CN(C(=O)Nc1ccsc1)C1CCN(S(C)(=O)=O)CC1. The van der Waals surface area contributed by atoms with Gasteiger partial charge in [0, 0.05) is 31.6 Å². The molecule has 1 saturated heterocycles. The van der Waals surface area contributed by atoms with Gasteiger partial charge in [-0.05, 0) is 24.3 Å². The summed E-state index contributed by atoms with van der Waals surface area (Å²) in [6.07, 6.45) is 2.56. The van der Waals surface area contributed by atoms with E-state index in [1.54, 1.807) is 11.9 Å². The molecule has 2 rings (SSSR count). The highest BCUT2D eigenvalue weighted by Gasteiger charge is 2.28. The van der Waals surface area contributed by atoms with Crippen LogP contribution < -0.4 is 5.32 Å². The number of hydrogen-bond acceptors (Lipinski definition) is 4. The molecule has 2 heterocycles. The molecule has 0 spiro atoms. The predicted octanol–water partition coefficient (Wildman–Crippen LogP) is 1.64. The Hall–Kier alpha value is -1.12. The van der Waals surface area contributed by atoms with Gasteiger partial charge in [0.15, 0.2) is 0 Å². The second-order valence-electron chi connectivity index (χ2n) is 4.95. The Morgan fingerprint density at radius 2 is 2.10 bits per heavy atom. The average molecular weight is 317 g/mol. The Bertz CT molecular complexity index is 549. The smallest absolute Gasteiger partial charge is 0.321 e. The van der Waals surface area contributed by atoms with Crippen LogP contribution in [0.5, 0.6) is 0 Å². The van der Waals surface area contributed by atoms with Gasteiger partial charge in [-0.2, -0.15) is 11.3 Å². The molecule has 1 fully saturated rings. The summed E-state index contributed by atoms with van der Waals surface area (Å²) in [5.74, 6) is 0. The first-order valence-electron chi connectivity index (χ1n) is 6.39. The van der Waals surface area contributed by atoms with Crippen molar-refractivity contribution in [3.63, 3.8) is 0 Å². The summed E-state index contributed by atoms with van der Waals surface area (Å²) >= 11 is 1.53. The third-order valence-electron chi connectivity index (χ3n) is 3.53. The molecule has 1 N–H and O–H groups in total. The van der Waals surface area contributed by atoms with Gasteiger partial charge in [0.05, 0.1) is 11.9 Å². The van der Waals surface area contributed by atoms with Crippen LogP contribution in [0.4, 0.5) is 10.5 Å². The first-order chi connectivity index (χ1) is 9.38. The number of amides is 2. The van der Waals surface area contributed by atoms with E-state index in [1.807, 2.05) is 16.8 Å². The van der Waals surface area contributed by atoms with Crippen LogP contribution in [0.3, 0.4) is 0 Å². The van der Waals surface area contributed by atoms with Gasteiger partial charge in [-0.3, -0.25) is 0 Å². The van der Waals surface area contributed by atoms with Crippen molar-refractivity contribution in [3.8, 4) is 0 Å². The van der Waals surface area contributed by atoms with Crippen LogP contribution >= 0.6 is 11.3 Å². The summed E-state index contributed by atoms with van der Waals surface area (Å²) < 4.78 is 24.4. The molecule has 0 aliphatic carbocycles. The number of thiophene rings is 1. The molecule has 0 atom stereocenters. The van der Waals surface area contributed by atoms with Crippen LogP contribution in [0.15, 0.2) is 16.8 Å². The highest BCUT2D eigenvalue weighted by molar-refractivity contribution is 7.88. The lowest BCUT2D eigenvalue weighted by Gasteiger charge is -2.35. The fraction of sp³-hybridized carbons (Fsp3) is 0.583. The molecule has 1 aromatic heterocycles. The third-order valence-corrected chi connectivity index (χ3v) is 5.52. The molecular weight excluding hydrogens is 298 g/mol. The van der Waals surface area contributed by atoms with Gasteiger partial charge in [-0.1, -0.05) is 0 Å². The molecule has 8 heteroatoms. The van der Waals surface area contributed by atoms with Crippen LogP contribution in [0.1, 0.15) is 12.8 Å². The maximum Gasteiger partial charge on any atom is 0.321 e. The van der Waals surface area contributed by atoms with E-state index in [-0.39, 0.29) is 12.1 Å². The van der Waals surface area contributed by atoms with E-state index in [0.29, 0.717) is 25.9 Å². The van der Waals surface area contributed by atoms with Crippen LogP contribution in [0.2, 0.25) is 0 Å². The fourth-order valence-electron chi connectivity index (χ4n) is 2.27. The van der Waals surface area contributed by atoms with Crippen molar-refractivity contribution in [2.45, 2.75) is 18.9 Å². The summed E-state index contributed by atoms with van der Waals surface area (Å²) in [6, 6.07) is 1.77. The number of hydrogen-bond donors (Lipinski definition) is 1. The number of carbonyl (C=O) groups is 1. The highest BCUT2D eigenvalue weighted by atomic mass is 32.2. The lowest BCUT2D eigenvalue weighted by molar-refractivity contribution is 0.174. The maximum atomic E-state index is 12.1. The normalized spacial score (nSPS) is 17.9. The first kappa shape index (κ1) is 15.3. The van der Waals surface area contributed by atoms with Gasteiger partial charge in [-0.25, -0.2) is 17.5 Å². The molecule has 1 aliphatic rings. The van der Waals surface area contributed by atoms with Crippen LogP contribution in [-0.2, 0) is 10.0 Å². The van der Waals surface area contributed by atoms with Crippen molar-refractivity contribution in [2.75, 3.05) is 31.7 Å². The van der Waals surface area contributed by atoms with E-state index < -0.39 is 10.0 Å². The molecule has 20 heavy (non-hydrogen) atoms. The zero-order valence-corrected chi connectivity index (χ0v) is 13.2. The van der Waals surface area contributed by atoms with Gasteiger partial charge in [-0.15, -0.1) is 0 Å².